The minimum atomic E-state index is -0.414. The third-order valence-corrected chi connectivity index (χ3v) is 4.54. The molecule has 1 aliphatic rings. The highest BCUT2D eigenvalue weighted by molar-refractivity contribution is 5.94. The lowest BCUT2D eigenvalue weighted by molar-refractivity contribution is -0.117. The summed E-state index contributed by atoms with van der Waals surface area (Å²) in [6, 6.07) is 13.0. The van der Waals surface area contributed by atoms with Gasteiger partial charge in [-0.2, -0.15) is 15.5 Å². The molecule has 1 atom stereocenters. The fraction of sp³-hybridized carbons (Fsp3) is 0.263. The van der Waals surface area contributed by atoms with Gasteiger partial charge in [-0.3, -0.25) is 9.89 Å². The minimum absolute atomic E-state index is 0.146. The van der Waals surface area contributed by atoms with Crippen LogP contribution in [0.3, 0.4) is 0 Å². The number of aromatic amines is 1. The number of hydrogen-bond acceptors (Lipinski definition) is 4. The van der Waals surface area contributed by atoms with Gasteiger partial charge in [0.15, 0.2) is 0 Å². The smallest absolute Gasteiger partial charge is 0.234 e. The minimum Gasteiger partial charge on any atom is -0.311 e. The van der Waals surface area contributed by atoms with Crippen LogP contribution in [-0.4, -0.2) is 25.9 Å². The van der Waals surface area contributed by atoms with Gasteiger partial charge in [-0.25, -0.2) is 4.68 Å². The number of nitrogens with one attached hydrogen (secondary N) is 2. The molecule has 0 bridgehead atoms. The molecule has 2 aromatic heterocycles. The molecule has 0 spiro atoms. The molecule has 0 radical (unpaired) electrons. The van der Waals surface area contributed by atoms with Crippen molar-refractivity contribution in [1.29, 1.82) is 5.26 Å². The lowest BCUT2D eigenvalue weighted by atomic mass is 10.1. The van der Waals surface area contributed by atoms with Crippen LogP contribution >= 0.6 is 0 Å². The van der Waals surface area contributed by atoms with Crippen molar-refractivity contribution in [1.82, 2.24) is 20.0 Å². The molecule has 3 aromatic rings. The van der Waals surface area contributed by atoms with Crippen LogP contribution < -0.4 is 5.32 Å². The van der Waals surface area contributed by atoms with E-state index < -0.39 is 5.92 Å². The molecule has 1 unspecified atom stereocenters. The molecule has 1 aliphatic carbocycles. The van der Waals surface area contributed by atoms with E-state index in [0.717, 1.165) is 11.4 Å². The fourth-order valence-corrected chi connectivity index (χ4v) is 2.80. The number of nitriles is 1. The Bertz CT molecular complexity index is 991. The summed E-state index contributed by atoms with van der Waals surface area (Å²) in [5, 5.41) is 23.5. The summed E-state index contributed by atoms with van der Waals surface area (Å²) in [6.07, 6.45) is 4.12. The van der Waals surface area contributed by atoms with E-state index >= 15 is 0 Å². The number of aromatic nitrogens is 4. The van der Waals surface area contributed by atoms with Crippen LogP contribution in [0.15, 0.2) is 42.6 Å². The van der Waals surface area contributed by atoms with Crippen LogP contribution in [0, 0.1) is 11.3 Å². The van der Waals surface area contributed by atoms with Gasteiger partial charge in [-0.15, -0.1) is 0 Å². The standard InChI is InChI=1S/C19H18N6O/c1-12(19(26)21-18-10-17(22-23-18)14-5-6-14)16-7-8-25(24-16)15-4-2-3-13(9-15)11-20/h2-4,7-10,12,14H,5-6H2,1H3,(H2,21,22,23,26). The van der Waals surface area contributed by atoms with Crippen molar-refractivity contribution in [2.45, 2.75) is 31.6 Å². The van der Waals surface area contributed by atoms with Crippen molar-refractivity contribution < 1.29 is 4.79 Å². The Morgan fingerprint density at radius 2 is 2.23 bits per heavy atom. The lowest BCUT2D eigenvalue weighted by Gasteiger charge is -2.08. The summed E-state index contributed by atoms with van der Waals surface area (Å²) in [6.45, 7) is 1.81. The number of carbonyl (C=O) groups is 1. The van der Waals surface area contributed by atoms with E-state index in [9.17, 15) is 4.79 Å². The first kappa shape index (κ1) is 16.1. The van der Waals surface area contributed by atoms with Gasteiger partial charge in [-0.1, -0.05) is 6.07 Å². The largest absolute Gasteiger partial charge is 0.311 e. The van der Waals surface area contributed by atoms with Crippen LogP contribution in [0.1, 0.15) is 48.6 Å². The van der Waals surface area contributed by atoms with E-state index in [-0.39, 0.29) is 5.91 Å². The van der Waals surface area contributed by atoms with Crippen LogP contribution in [0.2, 0.25) is 0 Å². The number of amides is 1. The zero-order valence-electron chi connectivity index (χ0n) is 14.3. The third kappa shape index (κ3) is 3.22. The van der Waals surface area contributed by atoms with Crippen LogP contribution in [0.25, 0.3) is 5.69 Å². The van der Waals surface area contributed by atoms with Crippen LogP contribution in [-0.2, 0) is 4.79 Å². The number of H-pyrrole nitrogens is 1. The average Bonchev–Trinajstić information content (AvgIpc) is 3.21. The van der Waals surface area contributed by atoms with Gasteiger partial charge in [-0.05, 0) is 44.0 Å². The number of rotatable bonds is 5. The van der Waals surface area contributed by atoms with Crippen molar-refractivity contribution in [3.8, 4) is 11.8 Å². The summed E-state index contributed by atoms with van der Waals surface area (Å²) < 4.78 is 1.67. The monoisotopic (exact) mass is 346 g/mol. The lowest BCUT2D eigenvalue weighted by Crippen LogP contribution is -2.19. The molecule has 2 N–H and O–H groups in total. The maximum Gasteiger partial charge on any atom is 0.234 e. The number of anilines is 1. The van der Waals surface area contributed by atoms with Crippen LogP contribution in [0.4, 0.5) is 5.82 Å². The maximum atomic E-state index is 12.5. The molecule has 1 aromatic carbocycles. The molecule has 1 fully saturated rings. The molecule has 1 saturated carbocycles. The molecule has 0 saturated heterocycles. The van der Waals surface area contributed by atoms with Gasteiger partial charge in [0.2, 0.25) is 5.91 Å². The van der Waals surface area contributed by atoms with Crippen molar-refractivity contribution in [2.24, 2.45) is 0 Å². The molecular formula is C19H18N6O. The predicted molar refractivity (Wildman–Crippen MR) is 95.9 cm³/mol. The molecule has 0 aliphatic heterocycles. The van der Waals surface area contributed by atoms with Gasteiger partial charge < -0.3 is 5.32 Å². The Hall–Kier alpha value is -3.40. The molecule has 7 heteroatoms. The maximum absolute atomic E-state index is 12.5. The van der Waals surface area contributed by atoms with Crippen molar-refractivity contribution in [3.05, 3.63) is 59.5 Å². The molecule has 26 heavy (non-hydrogen) atoms. The zero-order chi connectivity index (χ0) is 18.1. The highest BCUT2D eigenvalue weighted by atomic mass is 16.2. The van der Waals surface area contributed by atoms with Crippen molar-refractivity contribution in [3.63, 3.8) is 0 Å². The second-order valence-electron chi connectivity index (χ2n) is 6.54. The second-order valence-corrected chi connectivity index (χ2v) is 6.54. The van der Waals surface area contributed by atoms with E-state index in [1.165, 1.54) is 12.8 Å². The topological polar surface area (TPSA) is 99.4 Å². The van der Waals surface area contributed by atoms with E-state index in [4.69, 9.17) is 5.26 Å². The van der Waals surface area contributed by atoms with Crippen LogP contribution in [0.5, 0.6) is 0 Å². The number of benzene rings is 1. The number of nitrogens with zero attached hydrogens (tertiary/aromatic N) is 4. The second kappa shape index (κ2) is 6.48. The predicted octanol–water partition coefficient (Wildman–Crippen LogP) is 3.09. The molecule has 2 heterocycles. The molecule has 1 amide bonds. The van der Waals surface area contributed by atoms with Gasteiger partial charge in [0.25, 0.3) is 0 Å². The molecule has 7 nitrogen and oxygen atoms in total. The van der Waals surface area contributed by atoms with Gasteiger partial charge in [0.1, 0.15) is 5.82 Å². The Kier molecular flexibility index (Phi) is 4.01. The van der Waals surface area contributed by atoms with E-state index in [2.05, 4.69) is 26.7 Å². The zero-order valence-corrected chi connectivity index (χ0v) is 14.3. The third-order valence-electron chi connectivity index (χ3n) is 4.54. The summed E-state index contributed by atoms with van der Waals surface area (Å²) in [5.41, 5.74) is 3.02. The van der Waals surface area contributed by atoms with Gasteiger partial charge in [0, 0.05) is 18.2 Å². The Morgan fingerprint density at radius 1 is 1.38 bits per heavy atom. The summed E-state index contributed by atoms with van der Waals surface area (Å²) >= 11 is 0. The molecular weight excluding hydrogens is 328 g/mol. The normalized spacial score (nSPS) is 14.6. The summed E-state index contributed by atoms with van der Waals surface area (Å²) in [4.78, 5) is 12.5. The highest BCUT2D eigenvalue weighted by Gasteiger charge is 2.26. The van der Waals surface area contributed by atoms with Gasteiger partial charge >= 0.3 is 0 Å². The van der Waals surface area contributed by atoms with Crippen molar-refractivity contribution in [2.75, 3.05) is 5.32 Å². The first-order chi connectivity index (χ1) is 12.6. The van der Waals surface area contributed by atoms with E-state index in [0.29, 0.717) is 23.0 Å². The first-order valence-electron chi connectivity index (χ1n) is 8.56. The van der Waals surface area contributed by atoms with E-state index in [1.54, 1.807) is 29.1 Å². The van der Waals surface area contributed by atoms with E-state index in [1.807, 2.05) is 25.1 Å². The summed E-state index contributed by atoms with van der Waals surface area (Å²) in [7, 11) is 0. The molecule has 130 valence electrons. The number of carbonyl (C=O) groups excluding carboxylic acids is 1. The Morgan fingerprint density at radius 3 is 3.00 bits per heavy atom. The number of hydrogen-bond donors (Lipinski definition) is 2. The quantitative estimate of drug-likeness (QED) is 0.741. The SMILES string of the molecule is CC(C(=O)Nc1cc(C2CC2)n[nH]1)c1ccn(-c2cccc(C#N)c2)n1. The Balaban J connectivity index is 1.47. The van der Waals surface area contributed by atoms with Gasteiger partial charge in [0.05, 0.1) is 34.6 Å². The molecule has 4 rings (SSSR count). The first-order valence-corrected chi connectivity index (χ1v) is 8.56. The average molecular weight is 346 g/mol. The summed E-state index contributed by atoms with van der Waals surface area (Å²) in [5.74, 6) is 0.592. The Labute approximate surface area is 150 Å². The highest BCUT2D eigenvalue weighted by Crippen LogP contribution is 2.39. The van der Waals surface area contributed by atoms with Crippen molar-refractivity contribution >= 4 is 11.7 Å². The fourth-order valence-electron chi connectivity index (χ4n) is 2.80.